The molecule has 1 N–H and O–H groups in total. The summed E-state index contributed by atoms with van der Waals surface area (Å²) < 4.78 is 19.0. The van der Waals surface area contributed by atoms with Gasteiger partial charge in [-0.2, -0.15) is 0 Å². The normalized spacial score (nSPS) is 15.9. The fraction of sp³-hybridized carbons (Fsp3) is 0.300. The molecule has 1 atom stereocenters. The predicted molar refractivity (Wildman–Crippen MR) is 93.9 cm³/mol. The van der Waals surface area contributed by atoms with E-state index in [1.165, 1.54) is 6.07 Å². The molecule has 4 nitrogen and oxygen atoms in total. The summed E-state index contributed by atoms with van der Waals surface area (Å²) in [6, 6.07) is 9.79. The Morgan fingerprint density at radius 2 is 2.04 bits per heavy atom. The number of nitrogens with zero attached hydrogens (tertiary/aromatic N) is 2. The van der Waals surface area contributed by atoms with E-state index < -0.39 is 5.82 Å². The lowest BCUT2D eigenvalue weighted by Gasteiger charge is -2.21. The zero-order chi connectivity index (χ0) is 17.8. The van der Waals surface area contributed by atoms with Crippen LogP contribution in [0.2, 0.25) is 0 Å². The molecule has 0 spiro atoms. The summed E-state index contributed by atoms with van der Waals surface area (Å²) in [6.45, 7) is 4.00. The Hall–Kier alpha value is -2.69. The largest absolute Gasteiger partial charge is 0.508 e. The minimum Gasteiger partial charge on any atom is -0.508 e. The molecular weight excluding hydrogens is 319 g/mol. The number of fused-ring (bicyclic) bond motifs is 1. The van der Waals surface area contributed by atoms with E-state index in [0.717, 1.165) is 35.9 Å². The van der Waals surface area contributed by atoms with Gasteiger partial charge in [0, 0.05) is 18.7 Å². The molecule has 2 heterocycles. The van der Waals surface area contributed by atoms with Gasteiger partial charge in [-0.15, -0.1) is 0 Å². The van der Waals surface area contributed by atoms with Gasteiger partial charge in [0.25, 0.3) is 0 Å². The lowest BCUT2D eigenvalue weighted by atomic mass is 9.84. The third-order valence-corrected chi connectivity index (χ3v) is 4.26. The highest BCUT2D eigenvalue weighted by Crippen LogP contribution is 2.38. The molecule has 0 saturated heterocycles. The van der Waals surface area contributed by atoms with E-state index in [-0.39, 0.29) is 11.7 Å². The van der Waals surface area contributed by atoms with E-state index in [2.05, 4.69) is 9.97 Å². The van der Waals surface area contributed by atoms with Crippen LogP contribution in [0.25, 0.3) is 11.6 Å². The highest BCUT2D eigenvalue weighted by atomic mass is 19.1. The van der Waals surface area contributed by atoms with Gasteiger partial charge in [0.1, 0.15) is 23.0 Å². The molecule has 0 amide bonds. The van der Waals surface area contributed by atoms with Crippen LogP contribution in [0.4, 0.5) is 4.39 Å². The standard InChI is InChI=1S/C18H15FN2O2.C2H6/c19-12-5-6-13(16(22)10-12)11-4-7-14-17(9-11)23-18(21-14)15-3-1-2-8-20-15;1-2/h1-3,5-6,8,10-11,22H,4,7,9H2;1-2H3. The molecule has 0 fully saturated rings. The number of hydrogen-bond acceptors (Lipinski definition) is 4. The summed E-state index contributed by atoms with van der Waals surface area (Å²) in [6.07, 6.45) is 3.97. The second-order valence-electron chi connectivity index (χ2n) is 5.75. The molecule has 0 radical (unpaired) electrons. The van der Waals surface area contributed by atoms with Crippen LogP contribution in [0, 0.1) is 5.82 Å². The third-order valence-electron chi connectivity index (χ3n) is 4.26. The zero-order valence-electron chi connectivity index (χ0n) is 14.4. The first kappa shape index (κ1) is 17.1. The Labute approximate surface area is 146 Å². The van der Waals surface area contributed by atoms with Crippen molar-refractivity contribution in [3.8, 4) is 17.3 Å². The molecule has 4 rings (SSSR count). The number of rotatable bonds is 2. The molecule has 1 aliphatic rings. The predicted octanol–water partition coefficient (Wildman–Crippen LogP) is 4.88. The fourth-order valence-corrected chi connectivity index (χ4v) is 3.10. The Morgan fingerprint density at radius 3 is 2.76 bits per heavy atom. The first-order valence-corrected chi connectivity index (χ1v) is 8.59. The maximum atomic E-state index is 13.1. The molecule has 0 saturated carbocycles. The molecular formula is C20H21FN2O2. The van der Waals surface area contributed by atoms with Crippen LogP contribution in [0.1, 0.15) is 43.2 Å². The average molecular weight is 340 g/mol. The van der Waals surface area contributed by atoms with Crippen LogP contribution < -0.4 is 0 Å². The molecule has 1 aliphatic carbocycles. The summed E-state index contributed by atoms with van der Waals surface area (Å²) in [5.74, 6) is 1.03. The van der Waals surface area contributed by atoms with Crippen molar-refractivity contribution >= 4 is 0 Å². The van der Waals surface area contributed by atoms with Crippen LogP contribution in [-0.2, 0) is 12.8 Å². The maximum absolute atomic E-state index is 13.1. The van der Waals surface area contributed by atoms with Gasteiger partial charge >= 0.3 is 0 Å². The smallest absolute Gasteiger partial charge is 0.245 e. The van der Waals surface area contributed by atoms with Gasteiger partial charge in [-0.3, -0.25) is 4.98 Å². The van der Waals surface area contributed by atoms with Crippen LogP contribution >= 0.6 is 0 Å². The molecule has 25 heavy (non-hydrogen) atoms. The van der Waals surface area contributed by atoms with Gasteiger partial charge in [0.15, 0.2) is 0 Å². The summed E-state index contributed by atoms with van der Waals surface area (Å²) >= 11 is 0. The van der Waals surface area contributed by atoms with Crippen molar-refractivity contribution in [3.05, 3.63) is 65.4 Å². The molecule has 2 aromatic heterocycles. The number of phenolic OH excluding ortho intramolecular Hbond substituents is 1. The number of halogens is 1. The maximum Gasteiger partial charge on any atom is 0.245 e. The third kappa shape index (κ3) is 3.55. The van der Waals surface area contributed by atoms with Gasteiger partial charge in [-0.1, -0.05) is 26.0 Å². The molecule has 0 aliphatic heterocycles. The molecule has 5 heteroatoms. The van der Waals surface area contributed by atoms with Crippen LogP contribution in [-0.4, -0.2) is 15.1 Å². The first-order valence-electron chi connectivity index (χ1n) is 8.59. The average Bonchev–Trinajstić information content (AvgIpc) is 3.07. The number of aromatic nitrogens is 2. The Morgan fingerprint density at radius 1 is 1.20 bits per heavy atom. The first-order chi connectivity index (χ1) is 12.2. The molecule has 130 valence electrons. The van der Waals surface area contributed by atoms with E-state index in [1.54, 1.807) is 12.3 Å². The number of oxazole rings is 1. The van der Waals surface area contributed by atoms with Gasteiger partial charge in [-0.05, 0) is 42.5 Å². The Bertz CT molecular complexity index is 846. The molecule has 1 unspecified atom stereocenters. The second kappa shape index (κ2) is 7.47. The van der Waals surface area contributed by atoms with E-state index in [9.17, 15) is 9.50 Å². The topological polar surface area (TPSA) is 59.2 Å². The number of aryl methyl sites for hydroxylation is 1. The minimum absolute atomic E-state index is 0.00270. The second-order valence-corrected chi connectivity index (χ2v) is 5.75. The number of phenols is 1. The monoisotopic (exact) mass is 340 g/mol. The summed E-state index contributed by atoms with van der Waals surface area (Å²) in [5, 5.41) is 9.98. The van der Waals surface area contributed by atoms with Crippen molar-refractivity contribution in [1.82, 2.24) is 9.97 Å². The quantitative estimate of drug-likeness (QED) is 0.722. The molecule has 3 aromatic rings. The van der Waals surface area contributed by atoms with Crippen molar-refractivity contribution in [2.75, 3.05) is 0 Å². The van der Waals surface area contributed by atoms with Gasteiger partial charge in [0.2, 0.25) is 5.89 Å². The van der Waals surface area contributed by atoms with Crippen LogP contribution in [0.5, 0.6) is 5.75 Å². The van der Waals surface area contributed by atoms with Crippen molar-refractivity contribution in [1.29, 1.82) is 0 Å². The van der Waals surface area contributed by atoms with Gasteiger partial charge < -0.3 is 9.52 Å². The van der Waals surface area contributed by atoms with E-state index >= 15 is 0 Å². The number of pyridine rings is 1. The van der Waals surface area contributed by atoms with E-state index in [0.29, 0.717) is 18.0 Å². The van der Waals surface area contributed by atoms with Crippen molar-refractivity contribution in [2.24, 2.45) is 0 Å². The molecule has 1 aromatic carbocycles. The number of aromatic hydroxyl groups is 1. The van der Waals surface area contributed by atoms with E-state index in [1.807, 2.05) is 32.0 Å². The van der Waals surface area contributed by atoms with E-state index in [4.69, 9.17) is 4.42 Å². The van der Waals surface area contributed by atoms with Crippen LogP contribution in [0.3, 0.4) is 0 Å². The number of benzene rings is 1. The highest BCUT2D eigenvalue weighted by molar-refractivity contribution is 5.48. The minimum atomic E-state index is -0.431. The zero-order valence-corrected chi connectivity index (χ0v) is 14.4. The van der Waals surface area contributed by atoms with Crippen molar-refractivity contribution in [3.63, 3.8) is 0 Å². The summed E-state index contributed by atoms with van der Waals surface area (Å²) in [5.41, 5.74) is 2.42. The summed E-state index contributed by atoms with van der Waals surface area (Å²) in [7, 11) is 0. The Balaban J connectivity index is 0.000000880. The SMILES string of the molecule is CC.Oc1cc(F)ccc1C1CCc2nc(-c3ccccn3)oc2C1. The Kier molecular flexibility index (Phi) is 5.12. The van der Waals surface area contributed by atoms with Crippen molar-refractivity contribution in [2.45, 2.75) is 39.0 Å². The summed E-state index contributed by atoms with van der Waals surface area (Å²) in [4.78, 5) is 8.79. The fourth-order valence-electron chi connectivity index (χ4n) is 3.10. The van der Waals surface area contributed by atoms with Gasteiger partial charge in [0.05, 0.1) is 5.69 Å². The number of hydrogen-bond donors (Lipinski definition) is 1. The van der Waals surface area contributed by atoms with Gasteiger partial charge in [-0.25, -0.2) is 9.37 Å². The molecule has 0 bridgehead atoms. The van der Waals surface area contributed by atoms with Crippen LogP contribution in [0.15, 0.2) is 47.0 Å². The van der Waals surface area contributed by atoms with Crippen molar-refractivity contribution < 1.29 is 13.9 Å². The lowest BCUT2D eigenvalue weighted by Crippen LogP contribution is -2.12. The highest BCUT2D eigenvalue weighted by Gasteiger charge is 2.27. The lowest BCUT2D eigenvalue weighted by molar-refractivity contribution is 0.427.